The number of carboxylic acid groups (broad SMARTS) is 1. The number of aryl methyl sites for hydroxylation is 4. The molecule has 2 aromatic heterocycles. The summed E-state index contributed by atoms with van der Waals surface area (Å²) in [7, 11) is 0. The zero-order valence-electron chi connectivity index (χ0n) is 17.0. The van der Waals surface area contributed by atoms with Gasteiger partial charge >= 0.3 is 5.97 Å². The molecule has 0 unspecified atom stereocenters. The molecule has 0 radical (unpaired) electrons. The molecule has 30 heavy (non-hydrogen) atoms. The number of carbonyl (C=O) groups is 1. The van der Waals surface area contributed by atoms with E-state index in [1.54, 1.807) is 16.0 Å². The summed E-state index contributed by atoms with van der Waals surface area (Å²) in [5.41, 5.74) is 6.11. The highest BCUT2D eigenvalue weighted by Gasteiger charge is 2.13. The third-order valence-electron chi connectivity index (χ3n) is 5.01. The quantitative estimate of drug-likeness (QED) is 0.451. The van der Waals surface area contributed by atoms with E-state index in [0.29, 0.717) is 6.54 Å². The first-order valence-corrected chi connectivity index (χ1v) is 10.7. The molecule has 1 N–H and O–H groups in total. The van der Waals surface area contributed by atoms with Crippen molar-refractivity contribution in [1.29, 1.82) is 0 Å². The second-order valence-corrected chi connectivity index (χ2v) is 8.65. The van der Waals surface area contributed by atoms with Crippen molar-refractivity contribution < 1.29 is 9.90 Å². The zero-order valence-corrected chi connectivity index (χ0v) is 17.8. The number of aromatic carboxylic acids is 1. The fourth-order valence-electron chi connectivity index (χ4n) is 3.48. The van der Waals surface area contributed by atoms with Crippen LogP contribution in [0.3, 0.4) is 0 Å². The average molecular weight is 418 g/mol. The summed E-state index contributed by atoms with van der Waals surface area (Å²) in [5, 5.41) is 14.2. The van der Waals surface area contributed by atoms with Crippen molar-refractivity contribution in [3.8, 4) is 10.6 Å². The lowest BCUT2D eigenvalue weighted by molar-refractivity contribution is 0.0696. The molecule has 5 nitrogen and oxygen atoms in total. The normalized spacial score (nSPS) is 11.0. The van der Waals surface area contributed by atoms with Gasteiger partial charge in [-0.05, 0) is 49.9 Å². The Bertz CT molecular complexity index is 1180. The third kappa shape index (κ3) is 4.66. The van der Waals surface area contributed by atoms with Gasteiger partial charge in [0.15, 0.2) is 0 Å². The van der Waals surface area contributed by atoms with Gasteiger partial charge < -0.3 is 5.11 Å². The Balaban J connectivity index is 1.54. The highest BCUT2D eigenvalue weighted by atomic mass is 32.1. The SMILES string of the molecule is Cc1cc(CCc2ccccc2)cc(-c2nc(Cn3cc(C(=O)O)cn3)c(C)s2)c1. The Morgan fingerprint density at radius 3 is 2.57 bits per heavy atom. The van der Waals surface area contributed by atoms with E-state index in [1.165, 1.54) is 29.1 Å². The summed E-state index contributed by atoms with van der Waals surface area (Å²) in [4.78, 5) is 17.0. The van der Waals surface area contributed by atoms with Crippen molar-refractivity contribution in [3.63, 3.8) is 0 Å². The van der Waals surface area contributed by atoms with Crippen LogP contribution in [0.15, 0.2) is 60.9 Å². The molecule has 0 atom stereocenters. The minimum Gasteiger partial charge on any atom is -0.478 e. The minimum absolute atomic E-state index is 0.185. The Kier molecular flexibility index (Phi) is 5.77. The number of aromatic nitrogens is 3. The third-order valence-corrected chi connectivity index (χ3v) is 6.08. The summed E-state index contributed by atoms with van der Waals surface area (Å²) >= 11 is 1.66. The van der Waals surface area contributed by atoms with Gasteiger partial charge in [0, 0.05) is 16.6 Å². The van der Waals surface area contributed by atoms with Crippen LogP contribution in [-0.4, -0.2) is 25.8 Å². The molecule has 152 valence electrons. The summed E-state index contributed by atoms with van der Waals surface area (Å²) in [6.45, 7) is 4.63. The maximum atomic E-state index is 11.1. The van der Waals surface area contributed by atoms with Crippen LogP contribution in [0.2, 0.25) is 0 Å². The highest BCUT2D eigenvalue weighted by molar-refractivity contribution is 7.15. The molecule has 2 heterocycles. The summed E-state index contributed by atoms with van der Waals surface area (Å²) in [6, 6.07) is 17.2. The van der Waals surface area contributed by atoms with E-state index in [-0.39, 0.29) is 5.56 Å². The lowest BCUT2D eigenvalue weighted by Gasteiger charge is -2.07. The molecule has 0 amide bonds. The molecule has 4 rings (SSSR count). The number of benzene rings is 2. The highest BCUT2D eigenvalue weighted by Crippen LogP contribution is 2.30. The second kappa shape index (κ2) is 8.63. The first kappa shape index (κ1) is 20.0. The van der Waals surface area contributed by atoms with E-state index in [0.717, 1.165) is 34.0 Å². The molecule has 0 aliphatic heterocycles. The van der Waals surface area contributed by atoms with Gasteiger partial charge in [0.05, 0.1) is 24.0 Å². The molecule has 0 fully saturated rings. The molecule has 0 aliphatic carbocycles. The standard InChI is InChI=1S/C24H23N3O2S/c1-16-10-19(9-8-18-6-4-3-5-7-18)12-20(11-16)23-26-22(17(2)30-23)15-27-14-21(13-25-27)24(28)29/h3-7,10-14H,8-9,15H2,1-2H3,(H,28,29). The number of hydrogen-bond acceptors (Lipinski definition) is 4. The number of nitrogens with zero attached hydrogens (tertiary/aromatic N) is 3. The number of rotatable bonds is 7. The van der Waals surface area contributed by atoms with Gasteiger partial charge in [-0.25, -0.2) is 9.78 Å². The van der Waals surface area contributed by atoms with Crippen LogP contribution < -0.4 is 0 Å². The lowest BCUT2D eigenvalue weighted by atomic mass is 10.0. The molecular formula is C24H23N3O2S. The van der Waals surface area contributed by atoms with Gasteiger partial charge in [-0.3, -0.25) is 4.68 Å². The molecule has 2 aromatic carbocycles. The Morgan fingerprint density at radius 2 is 1.83 bits per heavy atom. The van der Waals surface area contributed by atoms with E-state index in [2.05, 4.69) is 54.5 Å². The van der Waals surface area contributed by atoms with Crippen LogP contribution in [0.1, 0.15) is 37.6 Å². The van der Waals surface area contributed by atoms with Crippen molar-refractivity contribution in [2.75, 3.05) is 0 Å². The van der Waals surface area contributed by atoms with Gasteiger partial charge in [-0.15, -0.1) is 11.3 Å². The molecule has 0 saturated carbocycles. The van der Waals surface area contributed by atoms with E-state index < -0.39 is 5.97 Å². The average Bonchev–Trinajstić information content (AvgIpc) is 3.34. The zero-order chi connectivity index (χ0) is 21.1. The maximum absolute atomic E-state index is 11.1. The van der Waals surface area contributed by atoms with Gasteiger partial charge in [0.25, 0.3) is 0 Å². The van der Waals surface area contributed by atoms with Crippen molar-refractivity contribution in [3.05, 3.63) is 93.7 Å². The van der Waals surface area contributed by atoms with Gasteiger partial charge in [-0.2, -0.15) is 5.10 Å². The van der Waals surface area contributed by atoms with E-state index >= 15 is 0 Å². The summed E-state index contributed by atoms with van der Waals surface area (Å²) < 4.78 is 1.62. The van der Waals surface area contributed by atoms with Gasteiger partial charge in [-0.1, -0.05) is 42.0 Å². The van der Waals surface area contributed by atoms with Crippen LogP contribution in [0.5, 0.6) is 0 Å². The van der Waals surface area contributed by atoms with E-state index in [1.807, 2.05) is 13.0 Å². The fourth-order valence-corrected chi connectivity index (χ4v) is 4.39. The smallest absolute Gasteiger partial charge is 0.338 e. The van der Waals surface area contributed by atoms with Gasteiger partial charge in [0.2, 0.25) is 0 Å². The molecule has 4 aromatic rings. The number of carboxylic acids is 1. The molecule has 0 bridgehead atoms. The summed E-state index contributed by atoms with van der Waals surface area (Å²) in [6.07, 6.45) is 4.90. The molecule has 0 spiro atoms. The minimum atomic E-state index is -0.972. The fraction of sp³-hybridized carbons (Fsp3) is 0.208. The van der Waals surface area contributed by atoms with Crippen LogP contribution in [-0.2, 0) is 19.4 Å². The molecule has 0 aliphatic rings. The van der Waals surface area contributed by atoms with Crippen molar-refractivity contribution >= 4 is 17.3 Å². The van der Waals surface area contributed by atoms with Crippen LogP contribution in [0.4, 0.5) is 0 Å². The predicted molar refractivity (Wildman–Crippen MR) is 119 cm³/mol. The Labute approximate surface area is 179 Å². The van der Waals surface area contributed by atoms with Crippen molar-refractivity contribution in [2.24, 2.45) is 0 Å². The largest absolute Gasteiger partial charge is 0.478 e. The maximum Gasteiger partial charge on any atom is 0.338 e. The van der Waals surface area contributed by atoms with Crippen LogP contribution >= 0.6 is 11.3 Å². The predicted octanol–water partition coefficient (Wildman–Crippen LogP) is 5.16. The molecule has 0 saturated heterocycles. The monoisotopic (exact) mass is 417 g/mol. The Hall–Kier alpha value is -3.25. The van der Waals surface area contributed by atoms with E-state index in [9.17, 15) is 4.79 Å². The van der Waals surface area contributed by atoms with E-state index in [4.69, 9.17) is 10.1 Å². The lowest BCUT2D eigenvalue weighted by Crippen LogP contribution is -2.02. The first-order chi connectivity index (χ1) is 14.5. The second-order valence-electron chi connectivity index (χ2n) is 7.45. The summed E-state index contributed by atoms with van der Waals surface area (Å²) in [5.74, 6) is -0.972. The Morgan fingerprint density at radius 1 is 1.07 bits per heavy atom. The van der Waals surface area contributed by atoms with Crippen molar-refractivity contribution in [1.82, 2.24) is 14.8 Å². The first-order valence-electron chi connectivity index (χ1n) is 9.85. The topological polar surface area (TPSA) is 68.0 Å². The van der Waals surface area contributed by atoms with Gasteiger partial charge in [0.1, 0.15) is 5.01 Å². The molecular weight excluding hydrogens is 394 g/mol. The number of hydrogen-bond donors (Lipinski definition) is 1. The molecule has 6 heteroatoms. The van der Waals surface area contributed by atoms with Crippen LogP contribution in [0, 0.1) is 13.8 Å². The van der Waals surface area contributed by atoms with Crippen molar-refractivity contribution in [2.45, 2.75) is 33.2 Å². The number of thiazole rings is 1. The van der Waals surface area contributed by atoms with Crippen LogP contribution in [0.25, 0.3) is 10.6 Å².